The standard InChI is InChI=1S/C17H23ClFN3O4/c1-17(2,3)26-16(25)22-10-13(23)20-8-5-9-21-15(24)14-11(18)6-4-7-12(14)19/h4,6-7H,5,8-10H2,1-3H3,(H,20,23)(H,21,24)(H,22,25). The van der Waals surface area contributed by atoms with Crippen LogP contribution in [-0.2, 0) is 9.53 Å². The molecular weight excluding hydrogens is 365 g/mol. The van der Waals surface area contributed by atoms with Crippen LogP contribution >= 0.6 is 11.6 Å². The molecule has 0 fully saturated rings. The summed E-state index contributed by atoms with van der Waals surface area (Å²) >= 11 is 5.80. The van der Waals surface area contributed by atoms with E-state index in [0.29, 0.717) is 6.42 Å². The van der Waals surface area contributed by atoms with Crippen molar-refractivity contribution in [2.75, 3.05) is 19.6 Å². The number of hydrogen-bond donors (Lipinski definition) is 3. The second-order valence-electron chi connectivity index (χ2n) is 6.41. The molecule has 0 atom stereocenters. The number of hydrogen-bond acceptors (Lipinski definition) is 4. The summed E-state index contributed by atoms with van der Waals surface area (Å²) in [5.41, 5.74) is -0.848. The van der Waals surface area contributed by atoms with Crippen molar-refractivity contribution in [3.05, 3.63) is 34.6 Å². The van der Waals surface area contributed by atoms with Crippen LogP contribution in [0.5, 0.6) is 0 Å². The van der Waals surface area contributed by atoms with Crippen LogP contribution in [0.25, 0.3) is 0 Å². The largest absolute Gasteiger partial charge is 0.444 e. The van der Waals surface area contributed by atoms with Crippen molar-refractivity contribution in [2.24, 2.45) is 0 Å². The average Bonchev–Trinajstić information content (AvgIpc) is 2.50. The van der Waals surface area contributed by atoms with Gasteiger partial charge in [-0.3, -0.25) is 9.59 Å². The summed E-state index contributed by atoms with van der Waals surface area (Å²) in [5, 5.41) is 7.47. The minimum absolute atomic E-state index is 0.0315. The average molecular weight is 388 g/mol. The summed E-state index contributed by atoms with van der Waals surface area (Å²) in [7, 11) is 0. The Morgan fingerprint density at radius 3 is 2.38 bits per heavy atom. The first-order chi connectivity index (χ1) is 12.1. The topological polar surface area (TPSA) is 96.5 Å². The molecule has 0 aliphatic heterocycles. The molecule has 9 heteroatoms. The number of ether oxygens (including phenoxy) is 1. The van der Waals surface area contributed by atoms with Crippen LogP contribution in [0.4, 0.5) is 9.18 Å². The van der Waals surface area contributed by atoms with E-state index in [4.69, 9.17) is 16.3 Å². The van der Waals surface area contributed by atoms with Crippen molar-refractivity contribution in [2.45, 2.75) is 32.8 Å². The third-order valence-electron chi connectivity index (χ3n) is 2.94. The second kappa shape index (κ2) is 9.96. The molecule has 0 heterocycles. The molecule has 26 heavy (non-hydrogen) atoms. The number of nitrogens with one attached hydrogen (secondary N) is 3. The zero-order valence-corrected chi connectivity index (χ0v) is 15.7. The number of rotatable bonds is 7. The minimum Gasteiger partial charge on any atom is -0.444 e. The van der Waals surface area contributed by atoms with Gasteiger partial charge in [-0.2, -0.15) is 0 Å². The van der Waals surface area contributed by atoms with E-state index in [1.165, 1.54) is 12.1 Å². The van der Waals surface area contributed by atoms with E-state index in [0.717, 1.165) is 6.07 Å². The molecule has 0 aliphatic carbocycles. The number of amides is 3. The monoisotopic (exact) mass is 387 g/mol. The van der Waals surface area contributed by atoms with E-state index < -0.39 is 23.4 Å². The lowest BCUT2D eigenvalue weighted by atomic mass is 10.2. The minimum atomic E-state index is -0.698. The Balaban J connectivity index is 2.21. The fraction of sp³-hybridized carbons (Fsp3) is 0.471. The van der Waals surface area contributed by atoms with Gasteiger partial charge in [-0.25, -0.2) is 9.18 Å². The first-order valence-electron chi connectivity index (χ1n) is 8.06. The van der Waals surface area contributed by atoms with Gasteiger partial charge in [-0.1, -0.05) is 17.7 Å². The first kappa shape index (κ1) is 21.7. The molecule has 0 aromatic heterocycles. The Bertz CT molecular complexity index is 642. The Morgan fingerprint density at radius 1 is 1.12 bits per heavy atom. The van der Waals surface area contributed by atoms with E-state index in [1.54, 1.807) is 20.8 Å². The predicted octanol–water partition coefficient (Wildman–Crippen LogP) is 2.24. The summed E-state index contributed by atoms with van der Waals surface area (Å²) in [6.45, 7) is 5.44. The van der Waals surface area contributed by atoms with Crippen LogP contribution in [0.1, 0.15) is 37.6 Å². The third kappa shape index (κ3) is 8.15. The zero-order valence-electron chi connectivity index (χ0n) is 14.9. The highest BCUT2D eigenvalue weighted by atomic mass is 35.5. The van der Waals surface area contributed by atoms with Gasteiger partial charge in [0.15, 0.2) is 0 Å². The lowest BCUT2D eigenvalue weighted by Crippen LogP contribution is -2.40. The van der Waals surface area contributed by atoms with Crippen LogP contribution in [0, 0.1) is 5.82 Å². The van der Waals surface area contributed by atoms with Crippen molar-refractivity contribution in [3.63, 3.8) is 0 Å². The van der Waals surface area contributed by atoms with Crippen LogP contribution in [0.2, 0.25) is 5.02 Å². The van der Waals surface area contributed by atoms with E-state index in [-0.39, 0.29) is 36.1 Å². The lowest BCUT2D eigenvalue weighted by Gasteiger charge is -2.19. The highest BCUT2D eigenvalue weighted by molar-refractivity contribution is 6.33. The zero-order chi connectivity index (χ0) is 19.7. The van der Waals surface area contributed by atoms with Crippen LogP contribution in [0.3, 0.4) is 0 Å². The van der Waals surface area contributed by atoms with E-state index in [1.807, 2.05) is 0 Å². The summed E-state index contributed by atoms with van der Waals surface area (Å²) < 4.78 is 18.6. The van der Waals surface area contributed by atoms with Gasteiger partial charge in [0.25, 0.3) is 5.91 Å². The normalized spacial score (nSPS) is 10.8. The first-order valence-corrected chi connectivity index (χ1v) is 8.43. The predicted molar refractivity (Wildman–Crippen MR) is 95.6 cm³/mol. The lowest BCUT2D eigenvalue weighted by molar-refractivity contribution is -0.120. The molecule has 0 bridgehead atoms. The Hall–Kier alpha value is -2.35. The van der Waals surface area contributed by atoms with Crippen molar-refractivity contribution in [1.29, 1.82) is 0 Å². The van der Waals surface area contributed by atoms with Gasteiger partial charge in [-0.15, -0.1) is 0 Å². The van der Waals surface area contributed by atoms with Gasteiger partial charge in [0, 0.05) is 13.1 Å². The maximum absolute atomic E-state index is 13.6. The number of carbonyl (C=O) groups is 3. The fourth-order valence-corrected chi connectivity index (χ4v) is 2.10. The number of carbonyl (C=O) groups excluding carboxylic acids is 3. The van der Waals surface area contributed by atoms with Gasteiger partial charge in [0.1, 0.15) is 11.4 Å². The summed E-state index contributed by atoms with van der Waals surface area (Å²) in [6, 6.07) is 3.99. The van der Waals surface area contributed by atoms with E-state index >= 15 is 0 Å². The molecule has 0 unspecified atom stereocenters. The molecule has 1 aromatic carbocycles. The second-order valence-corrected chi connectivity index (χ2v) is 6.82. The summed E-state index contributed by atoms with van der Waals surface area (Å²) in [5.74, 6) is -1.71. The van der Waals surface area contributed by atoms with Crippen molar-refractivity contribution in [3.8, 4) is 0 Å². The molecule has 1 rings (SSSR count). The van der Waals surface area contributed by atoms with Gasteiger partial charge >= 0.3 is 6.09 Å². The Morgan fingerprint density at radius 2 is 1.77 bits per heavy atom. The van der Waals surface area contributed by atoms with E-state index in [9.17, 15) is 18.8 Å². The van der Waals surface area contributed by atoms with Crippen molar-refractivity contribution in [1.82, 2.24) is 16.0 Å². The van der Waals surface area contributed by atoms with Crippen molar-refractivity contribution >= 4 is 29.5 Å². The van der Waals surface area contributed by atoms with Crippen molar-refractivity contribution < 1.29 is 23.5 Å². The molecule has 3 N–H and O–H groups in total. The van der Waals surface area contributed by atoms with Crippen LogP contribution in [-0.4, -0.2) is 43.1 Å². The number of benzene rings is 1. The van der Waals surface area contributed by atoms with Crippen LogP contribution < -0.4 is 16.0 Å². The van der Waals surface area contributed by atoms with Gasteiger partial charge in [0.2, 0.25) is 5.91 Å². The molecule has 0 saturated heterocycles. The third-order valence-corrected chi connectivity index (χ3v) is 3.26. The van der Waals surface area contributed by atoms with Gasteiger partial charge in [-0.05, 0) is 39.3 Å². The molecule has 0 saturated carbocycles. The molecular formula is C17H23ClFN3O4. The van der Waals surface area contributed by atoms with Gasteiger partial charge < -0.3 is 20.7 Å². The van der Waals surface area contributed by atoms with E-state index in [2.05, 4.69) is 16.0 Å². The Kier molecular flexibility index (Phi) is 8.31. The molecule has 144 valence electrons. The molecule has 0 radical (unpaired) electrons. The molecule has 1 aromatic rings. The molecule has 0 spiro atoms. The highest BCUT2D eigenvalue weighted by Gasteiger charge is 2.17. The highest BCUT2D eigenvalue weighted by Crippen LogP contribution is 2.18. The maximum atomic E-state index is 13.6. The fourth-order valence-electron chi connectivity index (χ4n) is 1.85. The molecule has 3 amide bonds. The summed E-state index contributed by atoms with van der Waals surface area (Å²) in [6.07, 6.45) is -0.252. The quantitative estimate of drug-likeness (QED) is 0.625. The molecule has 0 aliphatic rings. The van der Waals surface area contributed by atoms with Gasteiger partial charge in [0.05, 0.1) is 17.1 Å². The van der Waals surface area contributed by atoms with Crippen LogP contribution in [0.15, 0.2) is 18.2 Å². The SMILES string of the molecule is CC(C)(C)OC(=O)NCC(=O)NCCCNC(=O)c1c(F)cccc1Cl. The summed E-state index contributed by atoms with van der Waals surface area (Å²) in [4.78, 5) is 34.9. The Labute approximate surface area is 156 Å². The number of halogens is 2. The number of alkyl carbamates (subject to hydrolysis) is 1. The smallest absolute Gasteiger partial charge is 0.408 e. The molecule has 7 nitrogen and oxygen atoms in total. The maximum Gasteiger partial charge on any atom is 0.408 e.